The van der Waals surface area contributed by atoms with Crippen LogP contribution < -0.4 is 0 Å². The molecular formula is C14H16N2O2S. The van der Waals surface area contributed by atoms with Crippen molar-refractivity contribution >= 4 is 23.2 Å². The zero-order valence-corrected chi connectivity index (χ0v) is 11.7. The molecule has 0 aromatic carbocycles. The molecule has 0 radical (unpaired) electrons. The summed E-state index contributed by atoms with van der Waals surface area (Å²) in [6.07, 6.45) is 3.99. The number of nitrogens with zero attached hydrogens (tertiary/aromatic N) is 2. The van der Waals surface area contributed by atoms with Crippen molar-refractivity contribution in [1.29, 1.82) is 0 Å². The number of fused-ring (bicyclic) bond motifs is 1. The monoisotopic (exact) mass is 276 g/mol. The minimum absolute atomic E-state index is 0.314. The number of carbonyl (C=O) groups is 1. The van der Waals surface area contributed by atoms with Gasteiger partial charge in [0.1, 0.15) is 11.5 Å². The summed E-state index contributed by atoms with van der Waals surface area (Å²) in [7, 11) is 1.41. The first kappa shape index (κ1) is 12.5. The topological polar surface area (TPSA) is 43.6 Å². The van der Waals surface area contributed by atoms with E-state index in [9.17, 15) is 4.79 Å². The summed E-state index contributed by atoms with van der Waals surface area (Å²) in [5.74, 6) is 3.74. The zero-order chi connectivity index (χ0) is 13.2. The molecule has 3 rings (SSSR count). The predicted molar refractivity (Wildman–Crippen MR) is 75.7 cm³/mol. The molecule has 2 aromatic rings. The maximum absolute atomic E-state index is 11.8. The minimum Gasteiger partial charge on any atom is -0.464 e. The van der Waals surface area contributed by atoms with Crippen LogP contribution in [0.2, 0.25) is 0 Å². The average molecular weight is 276 g/mol. The Labute approximate surface area is 116 Å². The largest absolute Gasteiger partial charge is 0.464 e. The van der Waals surface area contributed by atoms with E-state index in [1.807, 2.05) is 34.5 Å². The summed E-state index contributed by atoms with van der Waals surface area (Å²) in [5, 5.41) is 0. The van der Waals surface area contributed by atoms with Gasteiger partial charge in [0, 0.05) is 6.42 Å². The second kappa shape index (κ2) is 5.25. The first-order valence-corrected chi connectivity index (χ1v) is 7.56. The van der Waals surface area contributed by atoms with Gasteiger partial charge in [-0.25, -0.2) is 9.78 Å². The maximum Gasteiger partial charge on any atom is 0.355 e. The highest BCUT2D eigenvalue weighted by molar-refractivity contribution is 7.99. The molecule has 19 heavy (non-hydrogen) atoms. The van der Waals surface area contributed by atoms with Gasteiger partial charge in [-0.3, -0.25) is 4.40 Å². The van der Waals surface area contributed by atoms with E-state index >= 15 is 0 Å². The van der Waals surface area contributed by atoms with Gasteiger partial charge in [0.25, 0.3) is 0 Å². The highest BCUT2D eigenvalue weighted by atomic mass is 32.2. The molecular weight excluding hydrogens is 260 g/mol. The third-order valence-electron chi connectivity index (χ3n) is 3.51. The minimum atomic E-state index is -0.314. The summed E-state index contributed by atoms with van der Waals surface area (Å²) >= 11 is 2.00. The van der Waals surface area contributed by atoms with Gasteiger partial charge in [-0.05, 0) is 36.0 Å². The smallest absolute Gasteiger partial charge is 0.355 e. The van der Waals surface area contributed by atoms with Gasteiger partial charge in [0.05, 0.1) is 18.8 Å². The van der Waals surface area contributed by atoms with Crippen LogP contribution in [-0.2, 0) is 11.2 Å². The van der Waals surface area contributed by atoms with Crippen LogP contribution in [0.3, 0.4) is 0 Å². The molecule has 1 fully saturated rings. The fraction of sp³-hybridized carbons (Fsp3) is 0.429. The molecule has 1 atom stereocenters. The highest BCUT2D eigenvalue weighted by Gasteiger charge is 2.20. The Morgan fingerprint density at radius 2 is 2.47 bits per heavy atom. The molecule has 0 saturated carbocycles. The summed E-state index contributed by atoms with van der Waals surface area (Å²) in [6, 6.07) is 5.61. The van der Waals surface area contributed by atoms with Crippen molar-refractivity contribution in [2.24, 2.45) is 5.92 Å². The van der Waals surface area contributed by atoms with E-state index in [4.69, 9.17) is 4.74 Å². The Morgan fingerprint density at radius 3 is 3.21 bits per heavy atom. The van der Waals surface area contributed by atoms with E-state index in [2.05, 4.69) is 4.98 Å². The number of esters is 1. The SMILES string of the molecule is COC(=O)c1cccc2cnc(CC3CCSC3)n12. The zero-order valence-electron chi connectivity index (χ0n) is 10.8. The van der Waals surface area contributed by atoms with Crippen LogP contribution in [-0.4, -0.2) is 34.0 Å². The van der Waals surface area contributed by atoms with Crippen molar-refractivity contribution in [2.75, 3.05) is 18.6 Å². The molecule has 3 heterocycles. The van der Waals surface area contributed by atoms with Crippen molar-refractivity contribution in [3.8, 4) is 0 Å². The number of rotatable bonds is 3. The lowest BCUT2D eigenvalue weighted by Crippen LogP contribution is -2.12. The number of ether oxygens (including phenoxy) is 1. The summed E-state index contributed by atoms with van der Waals surface area (Å²) in [5.41, 5.74) is 1.50. The molecule has 0 amide bonds. The molecule has 0 N–H and O–H groups in total. The van der Waals surface area contributed by atoms with E-state index in [0.717, 1.165) is 17.8 Å². The number of hydrogen-bond donors (Lipinski definition) is 0. The number of aromatic nitrogens is 2. The second-order valence-corrected chi connectivity index (χ2v) is 5.92. The van der Waals surface area contributed by atoms with E-state index < -0.39 is 0 Å². The van der Waals surface area contributed by atoms with Gasteiger partial charge < -0.3 is 4.74 Å². The van der Waals surface area contributed by atoms with Crippen LogP contribution in [0.1, 0.15) is 22.7 Å². The molecule has 4 nitrogen and oxygen atoms in total. The summed E-state index contributed by atoms with van der Waals surface area (Å²) in [4.78, 5) is 16.3. The highest BCUT2D eigenvalue weighted by Crippen LogP contribution is 2.27. The number of pyridine rings is 1. The van der Waals surface area contributed by atoms with Crippen LogP contribution >= 0.6 is 11.8 Å². The summed E-state index contributed by atoms with van der Waals surface area (Å²) < 4.78 is 6.77. The summed E-state index contributed by atoms with van der Waals surface area (Å²) in [6.45, 7) is 0. The third kappa shape index (κ3) is 2.34. The number of hydrogen-bond acceptors (Lipinski definition) is 4. The second-order valence-electron chi connectivity index (χ2n) is 4.77. The van der Waals surface area contributed by atoms with Gasteiger partial charge in [0.2, 0.25) is 0 Å². The predicted octanol–water partition coefficient (Wildman–Crippen LogP) is 2.42. The first-order chi connectivity index (χ1) is 9.29. The molecule has 1 saturated heterocycles. The van der Waals surface area contributed by atoms with Crippen molar-refractivity contribution in [2.45, 2.75) is 12.8 Å². The number of imidazole rings is 1. The van der Waals surface area contributed by atoms with Crippen molar-refractivity contribution in [3.63, 3.8) is 0 Å². The lowest BCUT2D eigenvalue weighted by atomic mass is 10.1. The first-order valence-electron chi connectivity index (χ1n) is 6.41. The van der Waals surface area contributed by atoms with Crippen molar-refractivity contribution in [1.82, 2.24) is 9.38 Å². The van der Waals surface area contributed by atoms with Gasteiger partial charge in [-0.1, -0.05) is 6.07 Å². The lowest BCUT2D eigenvalue weighted by Gasteiger charge is -2.10. The normalized spacial score (nSPS) is 18.9. The standard InChI is InChI=1S/C14H16N2O2S/c1-18-14(17)12-4-2-3-11-8-15-13(16(11)12)7-10-5-6-19-9-10/h2-4,8,10H,5-7,9H2,1H3. The molecule has 0 bridgehead atoms. The fourth-order valence-corrected chi connectivity index (χ4v) is 3.81. The van der Waals surface area contributed by atoms with Crippen LogP contribution in [0.25, 0.3) is 5.52 Å². The Hall–Kier alpha value is -1.49. The van der Waals surface area contributed by atoms with Gasteiger partial charge in [-0.15, -0.1) is 0 Å². The van der Waals surface area contributed by atoms with Gasteiger partial charge in [0.15, 0.2) is 0 Å². The van der Waals surface area contributed by atoms with E-state index in [1.54, 1.807) is 6.07 Å². The van der Waals surface area contributed by atoms with Gasteiger partial charge >= 0.3 is 5.97 Å². The molecule has 1 aliphatic rings. The van der Waals surface area contributed by atoms with Crippen molar-refractivity contribution < 1.29 is 9.53 Å². The van der Waals surface area contributed by atoms with Crippen molar-refractivity contribution in [3.05, 3.63) is 35.9 Å². The van der Waals surface area contributed by atoms with Crippen LogP contribution in [0.4, 0.5) is 0 Å². The molecule has 1 aliphatic heterocycles. The lowest BCUT2D eigenvalue weighted by molar-refractivity contribution is 0.0592. The van der Waals surface area contributed by atoms with Crippen LogP contribution in [0.5, 0.6) is 0 Å². The Kier molecular flexibility index (Phi) is 3.46. The fourth-order valence-electron chi connectivity index (χ4n) is 2.52. The van der Waals surface area contributed by atoms with E-state index in [1.165, 1.54) is 25.0 Å². The van der Waals surface area contributed by atoms with Crippen LogP contribution in [0.15, 0.2) is 24.4 Å². The quantitative estimate of drug-likeness (QED) is 0.808. The molecule has 0 spiro atoms. The van der Waals surface area contributed by atoms with E-state index in [-0.39, 0.29) is 5.97 Å². The average Bonchev–Trinajstić information content (AvgIpc) is 3.08. The number of carbonyl (C=O) groups excluding carboxylic acids is 1. The Morgan fingerprint density at radius 1 is 1.58 bits per heavy atom. The van der Waals surface area contributed by atoms with Crippen LogP contribution in [0, 0.1) is 5.92 Å². The molecule has 1 unspecified atom stereocenters. The molecule has 0 aliphatic carbocycles. The number of methoxy groups -OCH3 is 1. The maximum atomic E-state index is 11.8. The Bertz CT molecular complexity index is 603. The Balaban J connectivity index is 2.01. The molecule has 100 valence electrons. The molecule has 5 heteroatoms. The van der Waals surface area contributed by atoms with E-state index in [0.29, 0.717) is 11.6 Å². The number of thioether (sulfide) groups is 1. The van der Waals surface area contributed by atoms with Gasteiger partial charge in [-0.2, -0.15) is 11.8 Å². The molecule has 2 aromatic heterocycles. The third-order valence-corrected chi connectivity index (χ3v) is 4.75.